The molecule has 0 spiro atoms. The van der Waals surface area contributed by atoms with Gasteiger partial charge in [-0.3, -0.25) is 9.69 Å². The first-order valence-electron chi connectivity index (χ1n) is 9.27. The molecule has 4 rings (SSSR count). The Morgan fingerprint density at radius 2 is 1.65 bits per heavy atom. The molecule has 1 N–H and O–H groups in total. The number of hydrogen-bond acceptors (Lipinski definition) is 2. The summed E-state index contributed by atoms with van der Waals surface area (Å²) in [4.78, 5) is 13.6. The monoisotopic (exact) mass is 348 g/mol. The Labute approximate surface area is 153 Å². The summed E-state index contributed by atoms with van der Waals surface area (Å²) in [5, 5.41) is 10.5. The van der Waals surface area contributed by atoms with Gasteiger partial charge in [0.15, 0.2) is 0 Å². The van der Waals surface area contributed by atoms with Crippen LogP contribution in [0.25, 0.3) is 10.9 Å². The Morgan fingerprint density at radius 3 is 2.38 bits per heavy atom. The summed E-state index contributed by atoms with van der Waals surface area (Å²) < 4.78 is 2.40. The van der Waals surface area contributed by atoms with Crippen molar-refractivity contribution in [1.82, 2.24) is 9.47 Å². The average Bonchev–Trinajstić information content (AvgIpc) is 3.00. The Morgan fingerprint density at radius 1 is 0.962 bits per heavy atom. The van der Waals surface area contributed by atoms with Gasteiger partial charge in [-0.05, 0) is 49.0 Å². The highest BCUT2D eigenvalue weighted by Crippen LogP contribution is 2.25. The van der Waals surface area contributed by atoms with Gasteiger partial charge in [0.05, 0.1) is 5.92 Å². The number of carbonyl (C=O) groups is 1. The highest BCUT2D eigenvalue weighted by atomic mass is 16.4. The van der Waals surface area contributed by atoms with Crippen LogP contribution < -0.4 is 0 Å². The van der Waals surface area contributed by atoms with E-state index in [9.17, 15) is 9.90 Å². The quantitative estimate of drug-likeness (QED) is 0.758. The molecule has 1 fully saturated rings. The summed E-state index contributed by atoms with van der Waals surface area (Å²) in [7, 11) is 0. The molecule has 1 aliphatic heterocycles. The molecule has 0 aliphatic carbocycles. The SMILES string of the molecule is O=C(O)C1CCN(Cc2cc3ccccc3n2Cc2ccccc2)CC1. The van der Waals surface area contributed by atoms with Gasteiger partial charge in [0.2, 0.25) is 0 Å². The van der Waals surface area contributed by atoms with E-state index in [1.54, 1.807) is 0 Å². The Bertz CT molecular complexity index is 893. The average molecular weight is 348 g/mol. The van der Waals surface area contributed by atoms with Crippen LogP contribution in [0, 0.1) is 5.92 Å². The van der Waals surface area contributed by atoms with Crippen LogP contribution in [0.3, 0.4) is 0 Å². The molecule has 0 atom stereocenters. The predicted molar refractivity (Wildman–Crippen MR) is 103 cm³/mol. The van der Waals surface area contributed by atoms with Crippen molar-refractivity contribution in [2.24, 2.45) is 5.92 Å². The van der Waals surface area contributed by atoms with Crippen molar-refractivity contribution in [2.75, 3.05) is 13.1 Å². The molecule has 2 heterocycles. The molecule has 4 heteroatoms. The number of aromatic nitrogens is 1. The van der Waals surface area contributed by atoms with E-state index < -0.39 is 5.97 Å². The first kappa shape index (κ1) is 16.9. The van der Waals surface area contributed by atoms with E-state index in [0.29, 0.717) is 0 Å². The number of nitrogens with zero attached hydrogens (tertiary/aromatic N) is 2. The lowest BCUT2D eigenvalue weighted by Crippen LogP contribution is -2.36. The van der Waals surface area contributed by atoms with Crippen LogP contribution in [-0.4, -0.2) is 33.6 Å². The number of piperidine rings is 1. The maximum Gasteiger partial charge on any atom is 0.306 e. The molecule has 0 radical (unpaired) electrons. The molecular formula is C22H24N2O2. The van der Waals surface area contributed by atoms with Crippen molar-refractivity contribution >= 4 is 16.9 Å². The molecule has 134 valence electrons. The third kappa shape index (κ3) is 3.51. The number of aliphatic carboxylic acids is 1. The van der Waals surface area contributed by atoms with Gasteiger partial charge >= 0.3 is 5.97 Å². The smallest absolute Gasteiger partial charge is 0.306 e. The van der Waals surface area contributed by atoms with Crippen LogP contribution in [0.15, 0.2) is 60.7 Å². The summed E-state index contributed by atoms with van der Waals surface area (Å²) >= 11 is 0. The van der Waals surface area contributed by atoms with Gasteiger partial charge in [-0.15, -0.1) is 0 Å². The largest absolute Gasteiger partial charge is 0.481 e. The van der Waals surface area contributed by atoms with Crippen molar-refractivity contribution in [3.05, 3.63) is 71.9 Å². The topological polar surface area (TPSA) is 45.5 Å². The number of para-hydroxylation sites is 1. The zero-order valence-electron chi connectivity index (χ0n) is 14.8. The van der Waals surface area contributed by atoms with Gasteiger partial charge in [-0.2, -0.15) is 0 Å². The van der Waals surface area contributed by atoms with E-state index in [2.05, 4.69) is 64.1 Å². The van der Waals surface area contributed by atoms with Crippen LogP contribution >= 0.6 is 0 Å². The third-order valence-electron chi connectivity index (χ3n) is 5.40. The fourth-order valence-corrected chi connectivity index (χ4v) is 3.92. The van der Waals surface area contributed by atoms with Crippen molar-refractivity contribution in [3.8, 4) is 0 Å². The molecule has 4 nitrogen and oxygen atoms in total. The fourth-order valence-electron chi connectivity index (χ4n) is 3.92. The minimum absolute atomic E-state index is 0.179. The lowest BCUT2D eigenvalue weighted by Gasteiger charge is -2.30. The van der Waals surface area contributed by atoms with Gasteiger partial charge in [0.1, 0.15) is 0 Å². The maximum atomic E-state index is 11.2. The van der Waals surface area contributed by atoms with Gasteiger partial charge in [0.25, 0.3) is 0 Å². The van der Waals surface area contributed by atoms with Gasteiger partial charge in [-0.25, -0.2) is 0 Å². The number of carboxylic acid groups (broad SMARTS) is 1. The summed E-state index contributed by atoms with van der Waals surface area (Å²) in [6.07, 6.45) is 1.49. The maximum absolute atomic E-state index is 11.2. The second-order valence-corrected chi connectivity index (χ2v) is 7.15. The van der Waals surface area contributed by atoms with E-state index >= 15 is 0 Å². The van der Waals surface area contributed by atoms with E-state index in [1.165, 1.54) is 22.2 Å². The zero-order valence-corrected chi connectivity index (χ0v) is 14.8. The molecule has 0 saturated carbocycles. The summed E-state index contributed by atoms with van der Waals surface area (Å²) in [5.74, 6) is -0.829. The highest BCUT2D eigenvalue weighted by molar-refractivity contribution is 5.81. The molecule has 3 aromatic rings. The molecule has 1 aliphatic rings. The molecular weight excluding hydrogens is 324 g/mol. The van der Waals surface area contributed by atoms with Gasteiger partial charge in [-0.1, -0.05) is 48.5 Å². The van der Waals surface area contributed by atoms with Crippen molar-refractivity contribution in [1.29, 1.82) is 0 Å². The number of hydrogen-bond donors (Lipinski definition) is 1. The van der Waals surface area contributed by atoms with Crippen LogP contribution in [0.1, 0.15) is 24.1 Å². The fraction of sp³-hybridized carbons (Fsp3) is 0.318. The second kappa shape index (κ2) is 7.34. The predicted octanol–water partition coefficient (Wildman–Crippen LogP) is 3.99. The van der Waals surface area contributed by atoms with Crippen molar-refractivity contribution in [3.63, 3.8) is 0 Å². The Balaban J connectivity index is 1.58. The first-order valence-corrected chi connectivity index (χ1v) is 9.27. The van der Waals surface area contributed by atoms with Crippen molar-refractivity contribution < 1.29 is 9.90 Å². The van der Waals surface area contributed by atoms with Gasteiger partial charge in [0, 0.05) is 24.3 Å². The van der Waals surface area contributed by atoms with Crippen molar-refractivity contribution in [2.45, 2.75) is 25.9 Å². The van der Waals surface area contributed by atoms with Crippen LogP contribution in [-0.2, 0) is 17.9 Å². The highest BCUT2D eigenvalue weighted by Gasteiger charge is 2.25. The van der Waals surface area contributed by atoms with Crippen LogP contribution in [0.5, 0.6) is 0 Å². The lowest BCUT2D eigenvalue weighted by molar-refractivity contribution is -0.143. The summed E-state index contributed by atoms with van der Waals surface area (Å²) in [5.41, 5.74) is 3.84. The Hall–Kier alpha value is -2.59. The lowest BCUT2D eigenvalue weighted by atomic mass is 9.97. The van der Waals surface area contributed by atoms with Crippen LogP contribution in [0.2, 0.25) is 0 Å². The van der Waals surface area contributed by atoms with E-state index in [1.807, 2.05) is 6.07 Å². The molecule has 2 aromatic carbocycles. The summed E-state index contributed by atoms with van der Waals surface area (Å²) in [6, 6.07) is 21.3. The third-order valence-corrected chi connectivity index (χ3v) is 5.40. The molecule has 1 saturated heterocycles. The molecule has 26 heavy (non-hydrogen) atoms. The number of carboxylic acids is 1. The van der Waals surface area contributed by atoms with E-state index in [-0.39, 0.29) is 5.92 Å². The normalized spacial score (nSPS) is 16.2. The number of likely N-dealkylation sites (tertiary alicyclic amines) is 1. The molecule has 0 unspecified atom stereocenters. The minimum atomic E-state index is -0.650. The molecule has 0 amide bonds. The van der Waals surface area contributed by atoms with Crippen LogP contribution in [0.4, 0.5) is 0 Å². The second-order valence-electron chi connectivity index (χ2n) is 7.15. The standard InChI is InChI=1S/C22H24N2O2/c25-22(26)18-10-12-23(13-11-18)16-20-14-19-8-4-5-9-21(19)24(20)15-17-6-2-1-3-7-17/h1-9,14,18H,10-13,15-16H2,(H,25,26). The Kier molecular flexibility index (Phi) is 4.76. The van der Waals surface area contributed by atoms with E-state index in [0.717, 1.165) is 39.0 Å². The van der Waals surface area contributed by atoms with Gasteiger partial charge < -0.3 is 9.67 Å². The minimum Gasteiger partial charge on any atom is -0.481 e. The van der Waals surface area contributed by atoms with E-state index in [4.69, 9.17) is 0 Å². The molecule has 1 aromatic heterocycles. The number of fused-ring (bicyclic) bond motifs is 1. The molecule has 0 bridgehead atoms. The summed E-state index contributed by atoms with van der Waals surface area (Å²) in [6.45, 7) is 3.43. The number of benzene rings is 2. The zero-order chi connectivity index (χ0) is 17.9. The number of rotatable bonds is 5. The first-order chi connectivity index (χ1) is 12.7.